The third-order valence-corrected chi connectivity index (χ3v) is 3.64. The molecule has 0 atom stereocenters. The van der Waals surface area contributed by atoms with Crippen LogP contribution in [0.2, 0.25) is 0 Å². The van der Waals surface area contributed by atoms with Gasteiger partial charge >= 0.3 is 0 Å². The Morgan fingerprint density at radius 3 is 2.81 bits per heavy atom. The van der Waals surface area contributed by atoms with E-state index in [9.17, 15) is 0 Å². The first-order valence-corrected chi connectivity index (χ1v) is 6.88. The zero-order valence-electron chi connectivity index (χ0n) is 9.46. The molecule has 0 aliphatic heterocycles. The molecule has 0 aliphatic carbocycles. The monoisotopic (exact) mass is 260 g/mol. The van der Waals surface area contributed by atoms with E-state index < -0.39 is 0 Å². The Labute approximate surface area is 104 Å². The van der Waals surface area contributed by atoms with E-state index in [2.05, 4.69) is 32.7 Å². The molecule has 7 heteroatoms. The van der Waals surface area contributed by atoms with Gasteiger partial charge in [-0.05, 0) is 13.1 Å². The fraction of sp³-hybridized carbons (Fsp3) is 0.667. The second-order valence-electron chi connectivity index (χ2n) is 3.07. The molecule has 0 fully saturated rings. The summed E-state index contributed by atoms with van der Waals surface area (Å²) in [5.74, 6) is 0.888. The zero-order valence-corrected chi connectivity index (χ0v) is 11.1. The molecule has 0 aliphatic rings. The Kier molecular flexibility index (Phi) is 6.36. The van der Waals surface area contributed by atoms with E-state index in [1.807, 2.05) is 0 Å². The number of oxime groups is 1. The molecule has 0 radical (unpaired) electrons. The topological polar surface area (TPSA) is 61.6 Å². The molecule has 90 valence electrons. The summed E-state index contributed by atoms with van der Waals surface area (Å²) in [6, 6.07) is 0. The molecule has 1 heterocycles. The first-order chi connectivity index (χ1) is 7.81. The van der Waals surface area contributed by atoms with Gasteiger partial charge in [0, 0.05) is 12.3 Å². The van der Waals surface area contributed by atoms with Crippen molar-refractivity contribution in [2.75, 3.05) is 25.4 Å². The number of hydrogen-bond donors (Lipinski definition) is 1. The lowest BCUT2D eigenvalue weighted by Crippen LogP contribution is -2.25. The van der Waals surface area contributed by atoms with Gasteiger partial charge in [0.15, 0.2) is 5.04 Å². The first kappa shape index (κ1) is 13.4. The fourth-order valence-corrected chi connectivity index (χ4v) is 2.54. The summed E-state index contributed by atoms with van der Waals surface area (Å²) in [6.45, 7) is 7.34. The molecule has 16 heavy (non-hydrogen) atoms. The minimum absolute atomic E-state index is 0.543. The number of hydrogen-bond acceptors (Lipinski definition) is 7. The molecule has 1 N–H and O–H groups in total. The third kappa shape index (κ3) is 4.07. The summed E-state index contributed by atoms with van der Waals surface area (Å²) in [4.78, 5) is 2.32. The van der Waals surface area contributed by atoms with Crippen LogP contribution >= 0.6 is 23.5 Å². The highest BCUT2D eigenvalue weighted by Gasteiger charge is 2.09. The van der Waals surface area contributed by atoms with Gasteiger partial charge in [-0.1, -0.05) is 30.8 Å². The predicted octanol–water partition coefficient (Wildman–Crippen LogP) is 1.75. The largest absolute Gasteiger partial charge is 0.410 e. The molecule has 0 bridgehead atoms. The molecule has 0 saturated heterocycles. The molecule has 1 aromatic heterocycles. The molecular weight excluding hydrogens is 244 g/mol. The molecule has 0 saturated carbocycles. The van der Waals surface area contributed by atoms with E-state index in [0.29, 0.717) is 10.7 Å². The van der Waals surface area contributed by atoms with Crippen LogP contribution in [0.25, 0.3) is 0 Å². The smallest absolute Gasteiger partial charge is 0.164 e. The van der Waals surface area contributed by atoms with Crippen molar-refractivity contribution in [3.8, 4) is 0 Å². The molecule has 1 aromatic rings. The summed E-state index contributed by atoms with van der Waals surface area (Å²) in [6.07, 6.45) is 1.62. The van der Waals surface area contributed by atoms with Crippen LogP contribution in [0, 0.1) is 0 Å². The van der Waals surface area contributed by atoms with Crippen LogP contribution < -0.4 is 0 Å². The lowest BCUT2D eigenvalue weighted by atomic mass is 10.5. The normalized spacial score (nSPS) is 12.3. The highest BCUT2D eigenvalue weighted by atomic mass is 32.2. The van der Waals surface area contributed by atoms with Crippen LogP contribution in [-0.4, -0.2) is 49.3 Å². The number of aromatic nitrogens is 2. The second kappa shape index (κ2) is 7.59. The van der Waals surface area contributed by atoms with Gasteiger partial charge in [0.05, 0.1) is 17.9 Å². The maximum Gasteiger partial charge on any atom is 0.164 e. The minimum Gasteiger partial charge on any atom is -0.410 e. The summed E-state index contributed by atoms with van der Waals surface area (Å²) in [5.41, 5.74) is 0.650. The standard InChI is InChI=1S/C9H16N4OS2/c1-3-13(4-2)5-6-15-9(11-14)8-7-10-16-12-8/h7,14H,3-6H2,1-2H3/b11-9-. The van der Waals surface area contributed by atoms with E-state index in [1.54, 1.807) is 6.20 Å². The molecule has 0 unspecified atom stereocenters. The van der Waals surface area contributed by atoms with E-state index in [0.717, 1.165) is 37.1 Å². The van der Waals surface area contributed by atoms with Crippen LogP contribution in [0.5, 0.6) is 0 Å². The van der Waals surface area contributed by atoms with Gasteiger partial charge in [0.1, 0.15) is 5.69 Å². The average molecular weight is 260 g/mol. The SMILES string of the molecule is CCN(CC)CCS/C(=N\O)c1cnsn1. The second-order valence-corrected chi connectivity index (χ2v) is 4.71. The lowest BCUT2D eigenvalue weighted by Gasteiger charge is -2.16. The van der Waals surface area contributed by atoms with E-state index in [-0.39, 0.29) is 0 Å². The Hall–Kier alpha value is -0.660. The van der Waals surface area contributed by atoms with Crippen molar-refractivity contribution in [3.05, 3.63) is 11.9 Å². The third-order valence-electron chi connectivity index (χ3n) is 2.21. The maximum absolute atomic E-state index is 8.87. The van der Waals surface area contributed by atoms with Crippen molar-refractivity contribution in [2.24, 2.45) is 5.16 Å². The first-order valence-electron chi connectivity index (χ1n) is 5.16. The Balaban J connectivity index is 2.36. The predicted molar refractivity (Wildman–Crippen MR) is 68.5 cm³/mol. The fourth-order valence-electron chi connectivity index (χ4n) is 1.22. The van der Waals surface area contributed by atoms with Gasteiger partial charge in [0.2, 0.25) is 0 Å². The van der Waals surface area contributed by atoms with Crippen molar-refractivity contribution in [1.82, 2.24) is 13.6 Å². The Morgan fingerprint density at radius 1 is 1.56 bits per heavy atom. The van der Waals surface area contributed by atoms with Gasteiger partial charge < -0.3 is 10.1 Å². The van der Waals surface area contributed by atoms with Crippen molar-refractivity contribution >= 4 is 28.5 Å². The summed E-state index contributed by atoms with van der Waals surface area (Å²) < 4.78 is 7.91. The summed E-state index contributed by atoms with van der Waals surface area (Å²) in [5, 5.41) is 12.7. The molecule has 5 nitrogen and oxygen atoms in total. The van der Waals surface area contributed by atoms with E-state index in [1.165, 1.54) is 11.8 Å². The lowest BCUT2D eigenvalue weighted by molar-refractivity contribution is 0.320. The van der Waals surface area contributed by atoms with Crippen LogP contribution in [0.15, 0.2) is 11.4 Å². The number of thioether (sulfide) groups is 1. The van der Waals surface area contributed by atoms with Crippen LogP contribution in [-0.2, 0) is 0 Å². The number of rotatable bonds is 6. The Bertz CT molecular complexity index is 311. The molecule has 0 spiro atoms. The van der Waals surface area contributed by atoms with Gasteiger partial charge in [0.25, 0.3) is 0 Å². The molecule has 0 aromatic carbocycles. The van der Waals surface area contributed by atoms with Crippen molar-refractivity contribution < 1.29 is 5.21 Å². The van der Waals surface area contributed by atoms with Crippen LogP contribution in [0.3, 0.4) is 0 Å². The summed E-state index contributed by atoms with van der Waals surface area (Å²) >= 11 is 2.62. The highest BCUT2D eigenvalue weighted by molar-refractivity contribution is 8.14. The van der Waals surface area contributed by atoms with Gasteiger partial charge in [-0.25, -0.2) is 0 Å². The van der Waals surface area contributed by atoms with Gasteiger partial charge in [-0.15, -0.1) is 0 Å². The average Bonchev–Trinajstić information content (AvgIpc) is 2.83. The zero-order chi connectivity index (χ0) is 11.8. The van der Waals surface area contributed by atoms with E-state index in [4.69, 9.17) is 5.21 Å². The van der Waals surface area contributed by atoms with Gasteiger partial charge in [-0.3, -0.25) is 0 Å². The van der Waals surface area contributed by atoms with E-state index >= 15 is 0 Å². The molecular formula is C9H16N4OS2. The van der Waals surface area contributed by atoms with Crippen molar-refractivity contribution in [3.63, 3.8) is 0 Å². The van der Waals surface area contributed by atoms with Gasteiger partial charge in [-0.2, -0.15) is 8.75 Å². The quantitative estimate of drug-likeness (QED) is 0.365. The minimum atomic E-state index is 0.543. The van der Waals surface area contributed by atoms with Crippen LogP contribution in [0.1, 0.15) is 19.5 Å². The van der Waals surface area contributed by atoms with Crippen molar-refractivity contribution in [1.29, 1.82) is 0 Å². The molecule has 1 rings (SSSR count). The van der Waals surface area contributed by atoms with Crippen molar-refractivity contribution in [2.45, 2.75) is 13.8 Å². The molecule has 0 amide bonds. The number of nitrogens with zero attached hydrogens (tertiary/aromatic N) is 4. The Morgan fingerprint density at radius 2 is 2.31 bits per heavy atom. The maximum atomic E-state index is 8.87. The summed E-state index contributed by atoms with van der Waals surface area (Å²) in [7, 11) is 0. The highest BCUT2D eigenvalue weighted by Crippen LogP contribution is 2.12. The van der Waals surface area contributed by atoms with Crippen LogP contribution in [0.4, 0.5) is 0 Å².